The Hall–Kier alpha value is -2.84. The summed E-state index contributed by atoms with van der Waals surface area (Å²) in [6.07, 6.45) is 2.50. The van der Waals surface area contributed by atoms with Crippen LogP contribution < -0.4 is 10.2 Å². The Morgan fingerprint density at radius 2 is 1.71 bits per heavy atom. The predicted molar refractivity (Wildman–Crippen MR) is 141 cm³/mol. The van der Waals surface area contributed by atoms with E-state index in [0.29, 0.717) is 17.5 Å². The zero-order chi connectivity index (χ0) is 24.4. The van der Waals surface area contributed by atoms with Crippen molar-refractivity contribution in [2.75, 3.05) is 31.7 Å². The minimum atomic E-state index is -3.80. The number of nitrogens with zero attached hydrogens (tertiary/aromatic N) is 3. The molecule has 3 aromatic carbocycles. The SMILES string of the molecule is CN1CNC[C@@H]1CN1C=C(Cc2ccccc2)N(S(=O)(=O)c2ccccc2)Cc2cc(Cl)ccc21. The lowest BCUT2D eigenvalue weighted by Crippen LogP contribution is -2.38. The molecule has 2 aliphatic rings. The van der Waals surface area contributed by atoms with E-state index in [9.17, 15) is 8.42 Å². The molecule has 6 nitrogen and oxygen atoms in total. The fourth-order valence-corrected chi connectivity index (χ4v) is 6.38. The van der Waals surface area contributed by atoms with Crippen LogP contribution >= 0.6 is 11.6 Å². The van der Waals surface area contributed by atoms with Crippen LogP contribution in [0.5, 0.6) is 0 Å². The predicted octanol–water partition coefficient (Wildman–Crippen LogP) is 4.30. The third-order valence-electron chi connectivity index (χ3n) is 6.62. The average molecular weight is 509 g/mol. The molecule has 5 rings (SSSR count). The largest absolute Gasteiger partial charge is 0.344 e. The molecule has 35 heavy (non-hydrogen) atoms. The maximum absolute atomic E-state index is 14.0. The first-order valence-electron chi connectivity index (χ1n) is 11.7. The lowest BCUT2D eigenvalue weighted by molar-refractivity contribution is 0.320. The molecule has 1 atom stereocenters. The highest BCUT2D eigenvalue weighted by molar-refractivity contribution is 7.89. The van der Waals surface area contributed by atoms with Crippen molar-refractivity contribution >= 4 is 27.3 Å². The number of rotatable bonds is 6. The number of benzene rings is 3. The topological polar surface area (TPSA) is 55.9 Å². The highest BCUT2D eigenvalue weighted by Gasteiger charge is 2.32. The summed E-state index contributed by atoms with van der Waals surface area (Å²) in [6, 6.07) is 24.7. The summed E-state index contributed by atoms with van der Waals surface area (Å²) in [5.41, 5.74) is 3.63. The first-order valence-corrected chi connectivity index (χ1v) is 13.5. The first-order chi connectivity index (χ1) is 16.9. The van der Waals surface area contributed by atoms with E-state index in [1.807, 2.05) is 60.8 Å². The van der Waals surface area contributed by atoms with Gasteiger partial charge in [0, 0.05) is 54.8 Å². The Bertz CT molecular complexity index is 1320. The van der Waals surface area contributed by atoms with Gasteiger partial charge in [-0.3, -0.25) is 9.21 Å². The van der Waals surface area contributed by atoms with Crippen molar-refractivity contribution in [3.63, 3.8) is 0 Å². The third-order valence-corrected chi connectivity index (χ3v) is 8.67. The van der Waals surface area contributed by atoms with Crippen molar-refractivity contribution in [3.8, 4) is 0 Å². The van der Waals surface area contributed by atoms with E-state index in [0.717, 1.165) is 42.3 Å². The molecule has 0 radical (unpaired) electrons. The van der Waals surface area contributed by atoms with Crippen molar-refractivity contribution in [1.29, 1.82) is 0 Å². The van der Waals surface area contributed by atoms with Gasteiger partial charge in [-0.25, -0.2) is 8.42 Å². The van der Waals surface area contributed by atoms with Crippen molar-refractivity contribution in [2.24, 2.45) is 0 Å². The molecular weight excluding hydrogens is 480 g/mol. The molecule has 0 bridgehead atoms. The van der Waals surface area contributed by atoms with Gasteiger partial charge in [0.1, 0.15) is 0 Å². The van der Waals surface area contributed by atoms with E-state index < -0.39 is 10.0 Å². The van der Waals surface area contributed by atoms with Crippen LogP contribution in [0.2, 0.25) is 5.02 Å². The van der Waals surface area contributed by atoms with E-state index in [1.54, 1.807) is 28.6 Å². The Labute approximate surface area is 212 Å². The monoisotopic (exact) mass is 508 g/mol. The van der Waals surface area contributed by atoms with Gasteiger partial charge < -0.3 is 10.2 Å². The van der Waals surface area contributed by atoms with Crippen LogP contribution in [0.4, 0.5) is 5.69 Å². The van der Waals surface area contributed by atoms with Gasteiger partial charge in [0.15, 0.2) is 0 Å². The maximum atomic E-state index is 14.0. The lowest BCUT2D eigenvalue weighted by Gasteiger charge is -2.28. The number of nitrogens with one attached hydrogen (secondary N) is 1. The van der Waals surface area contributed by atoms with Gasteiger partial charge in [-0.15, -0.1) is 0 Å². The smallest absolute Gasteiger partial charge is 0.264 e. The number of halogens is 1. The molecule has 1 saturated heterocycles. The average Bonchev–Trinajstić information content (AvgIpc) is 3.20. The van der Waals surface area contributed by atoms with Crippen molar-refractivity contribution in [2.45, 2.75) is 23.9 Å². The molecule has 0 saturated carbocycles. The molecule has 1 fully saturated rings. The second-order valence-corrected chi connectivity index (χ2v) is 11.4. The second-order valence-electron chi connectivity index (χ2n) is 9.06. The standard InChI is InChI=1S/C27H29ClN4O2S/c1-30-20-29-16-25(30)19-31-18-24(14-21-8-4-2-5-9-21)32(17-22-15-23(28)12-13-27(22)31)35(33,34)26-10-6-3-7-11-26/h2-13,15,18,25,29H,14,16-17,19-20H2,1H3/t25-/m1/s1. The van der Waals surface area contributed by atoms with Crippen LogP contribution in [-0.4, -0.2) is 50.5 Å². The minimum Gasteiger partial charge on any atom is -0.344 e. The van der Waals surface area contributed by atoms with E-state index in [1.165, 1.54) is 0 Å². The molecule has 1 N–H and O–H groups in total. The number of fused-ring (bicyclic) bond motifs is 1. The second kappa shape index (κ2) is 10.0. The molecule has 0 spiro atoms. The van der Waals surface area contributed by atoms with E-state index in [4.69, 9.17) is 11.6 Å². The highest BCUT2D eigenvalue weighted by Crippen LogP contribution is 2.35. The Balaban J connectivity index is 1.63. The molecule has 8 heteroatoms. The summed E-state index contributed by atoms with van der Waals surface area (Å²) >= 11 is 6.39. The number of hydrogen-bond acceptors (Lipinski definition) is 5. The van der Waals surface area contributed by atoms with E-state index >= 15 is 0 Å². The third kappa shape index (κ3) is 5.09. The summed E-state index contributed by atoms with van der Waals surface area (Å²) < 4.78 is 29.5. The summed E-state index contributed by atoms with van der Waals surface area (Å²) in [6.45, 7) is 2.65. The molecule has 0 aliphatic carbocycles. The molecule has 0 amide bonds. The fraction of sp³-hybridized carbons (Fsp3) is 0.259. The number of hydrogen-bond donors (Lipinski definition) is 1. The Morgan fingerprint density at radius 1 is 1.00 bits per heavy atom. The molecular formula is C27H29ClN4O2S. The normalized spacial score (nSPS) is 18.8. The van der Waals surface area contributed by atoms with E-state index in [-0.39, 0.29) is 11.4 Å². The number of likely N-dealkylation sites (N-methyl/N-ethyl adjacent to an activating group) is 1. The Morgan fingerprint density at radius 3 is 2.40 bits per heavy atom. The highest BCUT2D eigenvalue weighted by atomic mass is 35.5. The lowest BCUT2D eigenvalue weighted by atomic mass is 10.1. The van der Waals surface area contributed by atoms with Crippen molar-refractivity contribution in [1.82, 2.24) is 14.5 Å². The number of allylic oxidation sites excluding steroid dienone is 1. The van der Waals surface area contributed by atoms with Gasteiger partial charge in [-0.2, -0.15) is 0 Å². The van der Waals surface area contributed by atoms with Gasteiger partial charge in [-0.05, 0) is 48.5 Å². The molecule has 2 heterocycles. The van der Waals surface area contributed by atoms with Crippen molar-refractivity contribution < 1.29 is 8.42 Å². The minimum absolute atomic E-state index is 0.209. The number of sulfonamides is 1. The van der Waals surface area contributed by atoms with Gasteiger partial charge in [0.25, 0.3) is 10.0 Å². The van der Waals surface area contributed by atoms with Crippen LogP contribution in [0, 0.1) is 0 Å². The summed E-state index contributed by atoms with van der Waals surface area (Å²) in [5, 5.41) is 4.01. The molecule has 182 valence electrons. The summed E-state index contributed by atoms with van der Waals surface area (Å²) in [5.74, 6) is 0. The summed E-state index contributed by atoms with van der Waals surface area (Å²) in [7, 11) is -1.70. The maximum Gasteiger partial charge on any atom is 0.264 e. The number of anilines is 1. The van der Waals surface area contributed by atoms with Gasteiger partial charge in [-0.1, -0.05) is 60.1 Å². The zero-order valence-corrected chi connectivity index (χ0v) is 21.2. The van der Waals surface area contributed by atoms with Crippen LogP contribution in [0.15, 0.2) is 95.7 Å². The molecule has 0 unspecified atom stereocenters. The van der Waals surface area contributed by atoms with Gasteiger partial charge >= 0.3 is 0 Å². The van der Waals surface area contributed by atoms with Crippen LogP contribution in [-0.2, 0) is 23.0 Å². The zero-order valence-electron chi connectivity index (χ0n) is 19.6. The molecule has 2 aliphatic heterocycles. The summed E-state index contributed by atoms with van der Waals surface area (Å²) in [4.78, 5) is 4.75. The van der Waals surface area contributed by atoms with E-state index in [2.05, 4.69) is 22.2 Å². The van der Waals surface area contributed by atoms with Gasteiger partial charge in [0.2, 0.25) is 0 Å². The quantitative estimate of drug-likeness (QED) is 0.538. The first kappa shape index (κ1) is 23.9. The van der Waals surface area contributed by atoms with Crippen LogP contribution in [0.25, 0.3) is 0 Å². The Kier molecular flexibility index (Phi) is 6.84. The van der Waals surface area contributed by atoms with Crippen LogP contribution in [0.1, 0.15) is 11.1 Å². The molecule has 0 aromatic heterocycles. The molecule has 3 aromatic rings. The fourth-order valence-electron chi connectivity index (χ4n) is 4.70. The van der Waals surface area contributed by atoms with Crippen molar-refractivity contribution in [3.05, 3.63) is 107 Å². The van der Waals surface area contributed by atoms with Crippen LogP contribution in [0.3, 0.4) is 0 Å². The van der Waals surface area contributed by atoms with Gasteiger partial charge in [0.05, 0.1) is 11.4 Å².